The van der Waals surface area contributed by atoms with Crippen molar-refractivity contribution in [3.8, 4) is 22.3 Å². The number of furan rings is 2. The van der Waals surface area contributed by atoms with Crippen molar-refractivity contribution in [2.24, 2.45) is 0 Å². The lowest BCUT2D eigenvalue weighted by atomic mass is 9.85. The van der Waals surface area contributed by atoms with E-state index in [1.165, 1.54) is 6.26 Å². The minimum atomic E-state index is -0.749. The zero-order valence-electron chi connectivity index (χ0n) is 35.4. The van der Waals surface area contributed by atoms with Crippen molar-refractivity contribution in [1.82, 2.24) is 0 Å². The molecule has 0 saturated heterocycles. The van der Waals surface area contributed by atoms with E-state index in [9.17, 15) is 8.22 Å². The van der Waals surface area contributed by atoms with Crippen LogP contribution in [-0.4, -0.2) is 0 Å². The van der Waals surface area contributed by atoms with Crippen LogP contribution in [0.1, 0.15) is 20.6 Å². The Kier molecular flexibility index (Phi) is 2.39. The molecule has 0 bridgehead atoms. The van der Waals surface area contributed by atoms with Crippen LogP contribution in [0.25, 0.3) is 87.5 Å². The van der Waals surface area contributed by atoms with Crippen molar-refractivity contribution in [3.05, 3.63) is 133 Å². The van der Waals surface area contributed by atoms with Gasteiger partial charge in [0.25, 0.3) is 0 Å². The van der Waals surface area contributed by atoms with Crippen LogP contribution >= 0.6 is 0 Å². The molecule has 0 saturated carbocycles. The van der Waals surface area contributed by atoms with Crippen LogP contribution in [0.3, 0.4) is 0 Å². The lowest BCUT2D eigenvalue weighted by Gasteiger charge is -2.18. The van der Waals surface area contributed by atoms with Gasteiger partial charge in [0, 0.05) is 27.3 Å². The van der Waals surface area contributed by atoms with Gasteiger partial charge in [0.15, 0.2) is 0 Å². The molecule has 0 fully saturated rings. The molecule has 0 radical (unpaired) electrons. The molecule has 2 heteroatoms. The van der Waals surface area contributed by atoms with Crippen LogP contribution in [-0.2, 0) is 0 Å². The van der Waals surface area contributed by atoms with E-state index in [-0.39, 0.29) is 43.8 Å². The maximum atomic E-state index is 9.39. The molecule has 0 aliphatic carbocycles. The minimum absolute atomic E-state index is 0.0343. The second-order valence-electron chi connectivity index (χ2n) is 9.34. The molecular weight excluding hydrogens is 488 g/mol. The number of hydrogen-bond acceptors (Lipinski definition) is 2. The molecule has 0 unspecified atom stereocenters. The third-order valence-corrected chi connectivity index (χ3v) is 7.22. The van der Waals surface area contributed by atoms with Gasteiger partial charge >= 0.3 is 0 Å². The summed E-state index contributed by atoms with van der Waals surface area (Å²) < 4.78 is 145. The van der Waals surface area contributed by atoms with Gasteiger partial charge in [-0.2, -0.15) is 0 Å². The summed E-state index contributed by atoms with van der Waals surface area (Å²) in [5.41, 5.74) is 0.548. The zero-order valence-corrected chi connectivity index (χ0v) is 20.4. The van der Waals surface area contributed by atoms with Crippen molar-refractivity contribution in [2.45, 2.75) is 0 Å². The molecule has 9 rings (SSSR count). The SMILES string of the molecule is [2H]c1c([2H])c([2H])c2c([2H])c(-c3c4c([2H])c([2H])c([2H])c([2H])c4c(-c4cccc5c4oc4cc6ccoc6cc45)c4c([2H])c([2H])c([2H])c([2H])c34)c([2H])c([2H])c2c1[2H]. The topological polar surface area (TPSA) is 26.3 Å². The summed E-state index contributed by atoms with van der Waals surface area (Å²) in [5, 5.41) is 0.0202. The van der Waals surface area contributed by atoms with Gasteiger partial charge in [-0.3, -0.25) is 0 Å². The van der Waals surface area contributed by atoms with E-state index >= 15 is 0 Å². The molecule has 186 valence electrons. The van der Waals surface area contributed by atoms with E-state index in [4.69, 9.17) is 21.2 Å². The number of benzene rings is 7. The molecular formula is C38H22O2. The summed E-state index contributed by atoms with van der Waals surface area (Å²) in [6.45, 7) is 0. The zero-order chi connectivity index (χ0) is 39.3. The lowest BCUT2D eigenvalue weighted by molar-refractivity contribution is 0.616. The van der Waals surface area contributed by atoms with Crippen molar-refractivity contribution in [1.29, 1.82) is 0 Å². The summed E-state index contributed by atoms with van der Waals surface area (Å²) in [6.07, 6.45) is 1.54. The average molecular weight is 526 g/mol. The van der Waals surface area contributed by atoms with Gasteiger partial charge in [-0.25, -0.2) is 0 Å². The van der Waals surface area contributed by atoms with Crippen LogP contribution in [0.5, 0.6) is 0 Å². The number of fused-ring (bicyclic) bond motifs is 7. The first kappa shape index (κ1) is 11.8. The molecule has 0 spiro atoms. The van der Waals surface area contributed by atoms with Crippen molar-refractivity contribution in [3.63, 3.8) is 0 Å². The van der Waals surface area contributed by atoms with Gasteiger partial charge in [-0.15, -0.1) is 0 Å². The van der Waals surface area contributed by atoms with Crippen molar-refractivity contribution >= 4 is 65.2 Å². The highest BCUT2D eigenvalue weighted by Crippen LogP contribution is 2.47. The van der Waals surface area contributed by atoms with Crippen LogP contribution in [0.4, 0.5) is 0 Å². The molecule has 0 aliphatic heterocycles. The van der Waals surface area contributed by atoms with Crippen molar-refractivity contribution < 1.29 is 29.4 Å². The molecule has 0 aliphatic rings. The van der Waals surface area contributed by atoms with E-state index in [0.717, 1.165) is 5.39 Å². The first-order valence-corrected chi connectivity index (χ1v) is 12.4. The molecule has 40 heavy (non-hydrogen) atoms. The Hall–Kier alpha value is -5.34. The summed E-state index contributed by atoms with van der Waals surface area (Å²) >= 11 is 0. The quantitative estimate of drug-likeness (QED) is 0.210. The third kappa shape index (κ3) is 2.99. The fourth-order valence-corrected chi connectivity index (χ4v) is 5.50. The van der Waals surface area contributed by atoms with Crippen molar-refractivity contribution in [2.75, 3.05) is 0 Å². The Bertz CT molecular complexity index is 3190. The highest BCUT2D eigenvalue weighted by molar-refractivity contribution is 6.24. The van der Waals surface area contributed by atoms with Crippen LogP contribution in [0.2, 0.25) is 0 Å². The Labute approximate surface area is 250 Å². The molecule has 0 atom stereocenters. The number of rotatable bonds is 2. The second kappa shape index (κ2) is 8.08. The molecule has 9 aromatic rings. The van der Waals surface area contributed by atoms with E-state index in [1.54, 1.807) is 36.4 Å². The van der Waals surface area contributed by atoms with Crippen LogP contribution < -0.4 is 0 Å². The first-order chi connectivity index (χ1) is 26.1. The van der Waals surface area contributed by atoms with Gasteiger partial charge in [0.2, 0.25) is 0 Å². The lowest BCUT2D eigenvalue weighted by Crippen LogP contribution is -1.91. The molecule has 7 aromatic carbocycles. The highest BCUT2D eigenvalue weighted by atomic mass is 16.3. The normalized spacial score (nSPS) is 17.2. The molecule has 2 nitrogen and oxygen atoms in total. The molecule has 2 aromatic heterocycles. The van der Waals surface area contributed by atoms with E-state index in [0.29, 0.717) is 21.9 Å². The van der Waals surface area contributed by atoms with E-state index < -0.39 is 107 Å². The van der Waals surface area contributed by atoms with Gasteiger partial charge in [0.1, 0.15) is 16.7 Å². The van der Waals surface area contributed by atoms with Crippen LogP contribution in [0, 0.1) is 0 Å². The number of hydrogen-bond donors (Lipinski definition) is 0. The molecule has 2 heterocycles. The first-order valence-electron chi connectivity index (χ1n) is 19.9. The van der Waals surface area contributed by atoms with E-state index in [1.807, 2.05) is 0 Å². The summed E-state index contributed by atoms with van der Waals surface area (Å²) in [4.78, 5) is 0. The van der Waals surface area contributed by atoms with Crippen LogP contribution in [0.15, 0.2) is 142 Å². The highest BCUT2D eigenvalue weighted by Gasteiger charge is 2.20. The monoisotopic (exact) mass is 525 g/mol. The fraction of sp³-hybridized carbons (Fsp3) is 0. The van der Waals surface area contributed by atoms with Gasteiger partial charge in [-0.05, 0) is 67.7 Å². The predicted molar refractivity (Wildman–Crippen MR) is 167 cm³/mol. The number of para-hydroxylation sites is 1. The average Bonchev–Trinajstić information content (AvgIpc) is 3.79. The van der Waals surface area contributed by atoms with E-state index in [2.05, 4.69) is 0 Å². The van der Waals surface area contributed by atoms with Gasteiger partial charge in [-0.1, -0.05) is 103 Å². The summed E-state index contributed by atoms with van der Waals surface area (Å²) in [6, 6.07) is 0.156. The molecule has 0 amide bonds. The Morgan fingerprint density at radius 1 is 0.525 bits per heavy atom. The third-order valence-electron chi connectivity index (χ3n) is 7.22. The van der Waals surface area contributed by atoms with Gasteiger partial charge < -0.3 is 8.83 Å². The summed E-state index contributed by atoms with van der Waals surface area (Å²) in [7, 11) is 0. The maximum absolute atomic E-state index is 9.39. The summed E-state index contributed by atoms with van der Waals surface area (Å²) in [5.74, 6) is 0. The Balaban J connectivity index is 1.60. The minimum Gasteiger partial charge on any atom is -0.464 e. The molecule has 0 N–H and O–H groups in total. The second-order valence-corrected chi connectivity index (χ2v) is 9.34. The Morgan fingerprint density at radius 2 is 1.23 bits per heavy atom. The standard InChI is InChI=1S/C38H22O2/c1-2-9-24-20-26(17-16-23(24)8-1)36-27-10-3-5-12-29(27)37(30-13-6-4-11-28(30)36)32-15-7-14-31-33-22-34-25(18-19-39-34)21-35(33)40-38(31)32/h1-22H/i1D,2D,3D,4D,5D,6D,8D,9D,10D,11D,12D,13D,16D,17D,20D. The Morgan fingerprint density at radius 3 is 2.00 bits per heavy atom. The maximum Gasteiger partial charge on any atom is 0.143 e. The fourth-order valence-electron chi connectivity index (χ4n) is 5.50. The van der Waals surface area contributed by atoms with Gasteiger partial charge in [0.05, 0.1) is 26.8 Å². The predicted octanol–water partition coefficient (Wildman–Crippen LogP) is 11.1. The largest absolute Gasteiger partial charge is 0.464 e. The smallest absolute Gasteiger partial charge is 0.143 e.